The van der Waals surface area contributed by atoms with Gasteiger partial charge in [-0.25, -0.2) is 13.1 Å². The van der Waals surface area contributed by atoms with Crippen molar-refractivity contribution >= 4 is 21.4 Å². The molecule has 0 unspecified atom stereocenters. The predicted octanol–water partition coefficient (Wildman–Crippen LogP) is 1.02. The van der Waals surface area contributed by atoms with Gasteiger partial charge in [0.05, 0.1) is 16.3 Å². The molecule has 6 heteroatoms. The van der Waals surface area contributed by atoms with Gasteiger partial charge in [-0.2, -0.15) is 0 Å². The van der Waals surface area contributed by atoms with Crippen LogP contribution in [0.4, 0.5) is 11.4 Å². The fraction of sp³-hybridized carbons (Fsp3) is 0.455. The first-order valence-electron chi connectivity index (χ1n) is 5.46. The van der Waals surface area contributed by atoms with Crippen molar-refractivity contribution in [2.75, 3.05) is 31.3 Å². The van der Waals surface area contributed by atoms with Crippen LogP contribution in [0.3, 0.4) is 0 Å². The predicted molar refractivity (Wildman–Crippen MR) is 70.7 cm³/mol. The molecule has 0 bridgehead atoms. The van der Waals surface area contributed by atoms with Crippen LogP contribution >= 0.6 is 0 Å². The molecule has 1 aromatic rings. The molecule has 17 heavy (non-hydrogen) atoms. The molecule has 0 aliphatic carbocycles. The minimum atomic E-state index is -3.42. The Morgan fingerprint density at radius 2 is 2.06 bits per heavy atom. The van der Waals surface area contributed by atoms with E-state index in [1.165, 1.54) is 13.1 Å². The van der Waals surface area contributed by atoms with Gasteiger partial charge in [-0.1, -0.05) is 6.92 Å². The first-order valence-corrected chi connectivity index (χ1v) is 6.95. The third-order valence-electron chi connectivity index (χ3n) is 2.55. The van der Waals surface area contributed by atoms with E-state index in [1.54, 1.807) is 12.1 Å². The van der Waals surface area contributed by atoms with Crippen LogP contribution in [0.15, 0.2) is 23.1 Å². The second-order valence-corrected chi connectivity index (χ2v) is 5.74. The number of nitrogens with zero attached hydrogens (tertiary/aromatic N) is 1. The normalized spacial score (nSPS) is 11.5. The van der Waals surface area contributed by atoms with E-state index < -0.39 is 10.0 Å². The first kappa shape index (κ1) is 13.8. The number of rotatable bonds is 5. The summed E-state index contributed by atoms with van der Waals surface area (Å²) < 4.78 is 25.4. The van der Waals surface area contributed by atoms with Crippen molar-refractivity contribution in [3.05, 3.63) is 18.2 Å². The van der Waals surface area contributed by atoms with E-state index in [-0.39, 0.29) is 4.90 Å². The van der Waals surface area contributed by atoms with Crippen molar-refractivity contribution < 1.29 is 8.42 Å². The van der Waals surface area contributed by atoms with Crippen LogP contribution in [0.5, 0.6) is 0 Å². The molecule has 0 saturated carbocycles. The van der Waals surface area contributed by atoms with Crippen molar-refractivity contribution in [1.82, 2.24) is 4.72 Å². The lowest BCUT2D eigenvalue weighted by Gasteiger charge is -2.20. The molecule has 0 aliphatic heterocycles. The van der Waals surface area contributed by atoms with Crippen molar-refractivity contribution in [3.63, 3.8) is 0 Å². The molecule has 0 radical (unpaired) electrons. The van der Waals surface area contributed by atoms with Gasteiger partial charge in [0.25, 0.3) is 0 Å². The van der Waals surface area contributed by atoms with Gasteiger partial charge in [0.1, 0.15) is 0 Å². The number of sulfonamides is 1. The van der Waals surface area contributed by atoms with Gasteiger partial charge in [0, 0.05) is 13.6 Å². The maximum atomic E-state index is 11.6. The number of nitrogens with two attached hydrogens (primary N) is 1. The van der Waals surface area contributed by atoms with Gasteiger partial charge in [0.15, 0.2) is 0 Å². The van der Waals surface area contributed by atoms with Crippen LogP contribution in [0.1, 0.15) is 13.3 Å². The number of anilines is 2. The first-order chi connectivity index (χ1) is 7.92. The van der Waals surface area contributed by atoms with Gasteiger partial charge in [0.2, 0.25) is 10.0 Å². The Morgan fingerprint density at radius 3 is 2.53 bits per heavy atom. The monoisotopic (exact) mass is 257 g/mol. The molecule has 0 atom stereocenters. The summed E-state index contributed by atoms with van der Waals surface area (Å²) in [6.45, 7) is 2.95. The van der Waals surface area contributed by atoms with Gasteiger partial charge < -0.3 is 10.6 Å². The average molecular weight is 257 g/mol. The lowest BCUT2D eigenvalue weighted by molar-refractivity contribution is 0.588. The number of benzene rings is 1. The summed E-state index contributed by atoms with van der Waals surface area (Å²) in [7, 11) is -0.114. The third kappa shape index (κ3) is 3.10. The highest BCUT2D eigenvalue weighted by atomic mass is 32.2. The Hall–Kier alpha value is -1.27. The molecule has 0 spiro atoms. The Balaban J connectivity index is 3.10. The Labute approximate surface area is 103 Å². The highest BCUT2D eigenvalue weighted by molar-refractivity contribution is 7.89. The van der Waals surface area contributed by atoms with Crippen LogP contribution in [-0.2, 0) is 10.0 Å². The van der Waals surface area contributed by atoms with E-state index >= 15 is 0 Å². The second kappa shape index (κ2) is 5.37. The third-order valence-corrected chi connectivity index (χ3v) is 3.96. The smallest absolute Gasteiger partial charge is 0.240 e. The average Bonchev–Trinajstić information content (AvgIpc) is 2.29. The van der Waals surface area contributed by atoms with E-state index in [2.05, 4.69) is 11.6 Å². The second-order valence-electron chi connectivity index (χ2n) is 3.85. The van der Waals surface area contributed by atoms with E-state index in [9.17, 15) is 8.42 Å². The summed E-state index contributed by atoms with van der Waals surface area (Å²) in [4.78, 5) is 2.19. The van der Waals surface area contributed by atoms with Gasteiger partial charge in [-0.05, 0) is 31.7 Å². The van der Waals surface area contributed by atoms with Crippen molar-refractivity contribution in [3.8, 4) is 0 Å². The summed E-state index contributed by atoms with van der Waals surface area (Å²) in [6, 6.07) is 4.77. The highest BCUT2D eigenvalue weighted by Crippen LogP contribution is 2.25. The van der Waals surface area contributed by atoms with Crippen molar-refractivity contribution in [2.45, 2.75) is 18.2 Å². The van der Waals surface area contributed by atoms with Gasteiger partial charge in [-0.3, -0.25) is 0 Å². The zero-order chi connectivity index (χ0) is 13.1. The minimum absolute atomic E-state index is 0.186. The molecule has 1 rings (SSSR count). The SMILES string of the molecule is CCCN(C)c1ccc(S(=O)(=O)NC)cc1N. The Bertz CT molecular complexity index is 485. The molecule has 0 saturated heterocycles. The summed E-state index contributed by atoms with van der Waals surface area (Å²) in [5.41, 5.74) is 7.19. The molecule has 96 valence electrons. The number of hydrogen-bond donors (Lipinski definition) is 2. The quantitative estimate of drug-likeness (QED) is 0.772. The zero-order valence-corrected chi connectivity index (χ0v) is 11.2. The molecule has 0 fully saturated rings. The molecule has 5 nitrogen and oxygen atoms in total. The van der Waals surface area contributed by atoms with E-state index in [4.69, 9.17) is 5.73 Å². The standard InChI is InChI=1S/C11H19N3O2S/c1-4-7-14(3)11-6-5-9(8-10(11)12)17(15,16)13-2/h5-6,8,13H,4,7,12H2,1-3H3. The Kier molecular flexibility index (Phi) is 4.36. The lowest BCUT2D eigenvalue weighted by Crippen LogP contribution is -2.21. The van der Waals surface area contributed by atoms with Gasteiger partial charge in [-0.15, -0.1) is 0 Å². The zero-order valence-electron chi connectivity index (χ0n) is 10.4. The number of hydrogen-bond acceptors (Lipinski definition) is 4. The van der Waals surface area contributed by atoms with Crippen LogP contribution in [0.25, 0.3) is 0 Å². The summed E-state index contributed by atoms with van der Waals surface area (Å²) >= 11 is 0. The largest absolute Gasteiger partial charge is 0.397 e. The molecule has 0 heterocycles. The fourth-order valence-electron chi connectivity index (χ4n) is 1.62. The maximum absolute atomic E-state index is 11.6. The van der Waals surface area contributed by atoms with E-state index in [0.717, 1.165) is 18.7 Å². The van der Waals surface area contributed by atoms with Crippen molar-refractivity contribution in [2.24, 2.45) is 0 Å². The number of nitrogen functional groups attached to an aromatic ring is 1. The van der Waals surface area contributed by atoms with E-state index in [0.29, 0.717) is 5.69 Å². The summed E-state index contributed by atoms with van der Waals surface area (Å²) in [5.74, 6) is 0. The summed E-state index contributed by atoms with van der Waals surface area (Å²) in [5, 5.41) is 0. The van der Waals surface area contributed by atoms with E-state index in [1.807, 2.05) is 11.9 Å². The van der Waals surface area contributed by atoms with Crippen LogP contribution in [0, 0.1) is 0 Å². The number of nitrogens with one attached hydrogen (secondary N) is 1. The molecule has 0 aromatic heterocycles. The fourth-order valence-corrected chi connectivity index (χ4v) is 2.39. The maximum Gasteiger partial charge on any atom is 0.240 e. The topological polar surface area (TPSA) is 75.4 Å². The molecule has 3 N–H and O–H groups in total. The molecular weight excluding hydrogens is 238 g/mol. The summed E-state index contributed by atoms with van der Waals surface area (Å²) in [6.07, 6.45) is 1.01. The van der Waals surface area contributed by atoms with Crippen molar-refractivity contribution in [1.29, 1.82) is 0 Å². The molecule has 0 amide bonds. The molecule has 0 aliphatic rings. The molecular formula is C11H19N3O2S. The van der Waals surface area contributed by atoms with Gasteiger partial charge >= 0.3 is 0 Å². The van der Waals surface area contributed by atoms with Crippen LogP contribution in [0.2, 0.25) is 0 Å². The lowest BCUT2D eigenvalue weighted by atomic mass is 10.2. The highest BCUT2D eigenvalue weighted by Gasteiger charge is 2.13. The van der Waals surface area contributed by atoms with Crippen LogP contribution in [-0.4, -0.2) is 29.1 Å². The van der Waals surface area contributed by atoms with Crippen LogP contribution < -0.4 is 15.4 Å². The molecule has 1 aromatic carbocycles. The Morgan fingerprint density at radius 1 is 1.41 bits per heavy atom. The minimum Gasteiger partial charge on any atom is -0.397 e.